The molecule has 0 radical (unpaired) electrons. The van der Waals surface area contributed by atoms with Crippen LogP contribution in [0, 0.1) is 0 Å². The maximum absolute atomic E-state index is 13.0. The third kappa shape index (κ3) is 3.96. The summed E-state index contributed by atoms with van der Waals surface area (Å²) < 4.78 is 5.67. The van der Waals surface area contributed by atoms with E-state index in [-0.39, 0.29) is 23.3 Å². The van der Waals surface area contributed by atoms with Crippen molar-refractivity contribution in [2.24, 2.45) is 4.99 Å². The molecule has 2 heterocycles. The molecule has 6 nitrogen and oxygen atoms in total. The predicted octanol–water partition coefficient (Wildman–Crippen LogP) is 2.65. The molecule has 0 aliphatic carbocycles. The summed E-state index contributed by atoms with van der Waals surface area (Å²) in [6, 6.07) is 7.14. The zero-order valence-corrected chi connectivity index (χ0v) is 14.4. The first-order chi connectivity index (χ1) is 12.2. The third-order valence-corrected chi connectivity index (χ3v) is 4.42. The van der Waals surface area contributed by atoms with Crippen LogP contribution in [-0.4, -0.2) is 60.0 Å². The van der Waals surface area contributed by atoms with Crippen LogP contribution < -0.4 is 0 Å². The van der Waals surface area contributed by atoms with E-state index in [1.54, 1.807) is 36.5 Å². The molecule has 1 fully saturated rings. The molecule has 1 aliphatic heterocycles. The highest BCUT2D eigenvalue weighted by atomic mass is 16.5. The maximum Gasteiger partial charge on any atom is 0.257 e. The molecule has 0 bridgehead atoms. The Morgan fingerprint density at radius 3 is 3.12 bits per heavy atom. The highest BCUT2D eigenvalue weighted by molar-refractivity contribution is 6.02. The molecule has 1 saturated heterocycles. The summed E-state index contributed by atoms with van der Waals surface area (Å²) in [5.41, 5.74) is 0.721. The molecule has 25 heavy (non-hydrogen) atoms. The van der Waals surface area contributed by atoms with Crippen molar-refractivity contribution < 1.29 is 14.6 Å². The number of amides is 1. The lowest BCUT2D eigenvalue weighted by molar-refractivity contribution is 0.0531. The van der Waals surface area contributed by atoms with Crippen molar-refractivity contribution in [3.63, 3.8) is 0 Å². The second-order valence-electron chi connectivity index (χ2n) is 6.15. The largest absolute Gasteiger partial charge is 0.505 e. The van der Waals surface area contributed by atoms with Crippen LogP contribution in [0.1, 0.15) is 29.6 Å². The first kappa shape index (κ1) is 17.4. The zero-order chi connectivity index (χ0) is 17.6. The number of hydrogen-bond acceptors (Lipinski definition) is 5. The summed E-state index contributed by atoms with van der Waals surface area (Å²) in [5.74, 6) is -0.269. The lowest BCUT2D eigenvalue weighted by Gasteiger charge is -2.25. The number of carbonyl (C=O) groups excluding carboxylic acids is 1. The Kier molecular flexibility index (Phi) is 5.60. The van der Waals surface area contributed by atoms with Gasteiger partial charge >= 0.3 is 0 Å². The van der Waals surface area contributed by atoms with Crippen molar-refractivity contribution in [1.82, 2.24) is 9.88 Å². The van der Waals surface area contributed by atoms with E-state index < -0.39 is 0 Å². The number of aliphatic imine (C=N–C) groups is 1. The van der Waals surface area contributed by atoms with E-state index in [0.717, 1.165) is 24.8 Å². The molecular formula is C19H23N3O3. The van der Waals surface area contributed by atoms with E-state index >= 15 is 0 Å². The maximum atomic E-state index is 13.0. The topological polar surface area (TPSA) is 75.0 Å². The Morgan fingerprint density at radius 1 is 1.48 bits per heavy atom. The number of benzene rings is 1. The van der Waals surface area contributed by atoms with E-state index in [0.29, 0.717) is 25.0 Å². The van der Waals surface area contributed by atoms with Gasteiger partial charge < -0.3 is 19.7 Å². The van der Waals surface area contributed by atoms with E-state index in [2.05, 4.69) is 9.98 Å². The summed E-state index contributed by atoms with van der Waals surface area (Å²) in [6.07, 6.45) is 6.10. The quantitative estimate of drug-likeness (QED) is 0.820. The number of hydrogen-bond donors (Lipinski definition) is 1. The van der Waals surface area contributed by atoms with Crippen LogP contribution in [0.3, 0.4) is 0 Å². The fraction of sp³-hybridized carbons (Fsp3) is 0.421. The first-order valence-electron chi connectivity index (χ1n) is 8.59. The average Bonchev–Trinajstić information content (AvgIpc) is 3.14. The number of nitrogens with zero attached hydrogens (tertiary/aromatic N) is 3. The molecule has 1 unspecified atom stereocenters. The van der Waals surface area contributed by atoms with Crippen LogP contribution in [0.4, 0.5) is 0 Å². The SMILES string of the molecule is CN=CCCN(CC1CCCO1)C(=O)c1ccc2cccnc2c1O. The number of ether oxygens (including phenoxy) is 1. The minimum atomic E-state index is -0.204. The smallest absolute Gasteiger partial charge is 0.257 e. The molecule has 3 rings (SSSR count). The molecule has 1 aromatic heterocycles. The van der Waals surface area contributed by atoms with Crippen molar-refractivity contribution in [3.05, 3.63) is 36.0 Å². The average molecular weight is 341 g/mol. The van der Waals surface area contributed by atoms with Crippen molar-refractivity contribution >= 4 is 23.0 Å². The van der Waals surface area contributed by atoms with Gasteiger partial charge in [0.1, 0.15) is 5.52 Å². The minimum absolute atomic E-state index is 0.0586. The lowest BCUT2D eigenvalue weighted by Crippen LogP contribution is -2.38. The monoisotopic (exact) mass is 341 g/mol. The van der Waals surface area contributed by atoms with Crippen LogP contribution in [0.25, 0.3) is 10.9 Å². The molecule has 1 aromatic carbocycles. The molecule has 0 spiro atoms. The van der Waals surface area contributed by atoms with Crippen LogP contribution in [-0.2, 0) is 4.74 Å². The summed E-state index contributed by atoms with van der Waals surface area (Å²) in [7, 11) is 1.72. The molecule has 132 valence electrons. The van der Waals surface area contributed by atoms with Gasteiger partial charge in [-0.1, -0.05) is 12.1 Å². The normalized spacial score (nSPS) is 17.4. The number of phenolic OH excluding ortho intramolecular Hbond substituents is 1. The summed E-state index contributed by atoms with van der Waals surface area (Å²) in [5, 5.41) is 11.3. The van der Waals surface area contributed by atoms with E-state index in [9.17, 15) is 9.90 Å². The Labute approximate surface area is 147 Å². The van der Waals surface area contributed by atoms with Crippen LogP contribution in [0.15, 0.2) is 35.5 Å². The summed E-state index contributed by atoms with van der Waals surface area (Å²) >= 11 is 0. The Morgan fingerprint density at radius 2 is 2.36 bits per heavy atom. The van der Waals surface area contributed by atoms with Gasteiger partial charge in [0.25, 0.3) is 5.91 Å². The molecule has 0 saturated carbocycles. The molecule has 1 amide bonds. The Bertz CT molecular complexity index is 770. The predicted molar refractivity (Wildman–Crippen MR) is 97.3 cm³/mol. The van der Waals surface area contributed by atoms with Gasteiger partial charge in [-0.3, -0.25) is 9.78 Å². The zero-order valence-electron chi connectivity index (χ0n) is 14.4. The van der Waals surface area contributed by atoms with Gasteiger partial charge in [0.2, 0.25) is 0 Å². The molecule has 6 heteroatoms. The summed E-state index contributed by atoms with van der Waals surface area (Å²) in [4.78, 5) is 22.9. The van der Waals surface area contributed by atoms with Gasteiger partial charge in [0, 0.05) is 44.5 Å². The fourth-order valence-corrected chi connectivity index (χ4v) is 3.13. The number of aromatic hydroxyl groups is 1. The fourth-order valence-electron chi connectivity index (χ4n) is 3.13. The molecule has 1 aliphatic rings. The number of phenols is 1. The standard InChI is InChI=1S/C19H23N3O3/c1-20-9-4-11-22(13-15-6-3-12-25-15)19(24)16-8-7-14-5-2-10-21-17(14)18(16)23/h2,5,7-10,15,23H,3-4,6,11-13H2,1H3. The summed E-state index contributed by atoms with van der Waals surface area (Å²) in [6.45, 7) is 1.81. The van der Waals surface area contributed by atoms with Gasteiger partial charge in [-0.05, 0) is 31.4 Å². The van der Waals surface area contributed by atoms with Crippen LogP contribution in [0.2, 0.25) is 0 Å². The van der Waals surface area contributed by atoms with Gasteiger partial charge in [-0.2, -0.15) is 0 Å². The van der Waals surface area contributed by atoms with Gasteiger partial charge in [0.05, 0.1) is 11.7 Å². The van der Waals surface area contributed by atoms with Gasteiger partial charge in [-0.15, -0.1) is 0 Å². The third-order valence-electron chi connectivity index (χ3n) is 4.42. The van der Waals surface area contributed by atoms with Crippen LogP contribution >= 0.6 is 0 Å². The van der Waals surface area contributed by atoms with E-state index in [4.69, 9.17) is 4.74 Å². The van der Waals surface area contributed by atoms with Crippen LogP contribution in [0.5, 0.6) is 5.75 Å². The lowest BCUT2D eigenvalue weighted by atomic mass is 10.1. The van der Waals surface area contributed by atoms with Gasteiger partial charge in [-0.25, -0.2) is 0 Å². The highest BCUT2D eigenvalue weighted by Crippen LogP contribution is 2.28. The number of fused-ring (bicyclic) bond motifs is 1. The molecular weight excluding hydrogens is 318 g/mol. The second-order valence-corrected chi connectivity index (χ2v) is 6.15. The molecule has 1 N–H and O–H groups in total. The van der Waals surface area contributed by atoms with Crippen molar-refractivity contribution in [2.75, 3.05) is 26.7 Å². The minimum Gasteiger partial charge on any atom is -0.505 e. The number of carbonyl (C=O) groups is 1. The van der Waals surface area contributed by atoms with Gasteiger partial charge in [0.15, 0.2) is 5.75 Å². The van der Waals surface area contributed by atoms with E-state index in [1.807, 2.05) is 12.1 Å². The number of pyridine rings is 1. The number of rotatable bonds is 6. The number of aromatic nitrogens is 1. The van der Waals surface area contributed by atoms with Crippen molar-refractivity contribution in [3.8, 4) is 5.75 Å². The second kappa shape index (κ2) is 8.07. The van der Waals surface area contributed by atoms with Crippen molar-refractivity contribution in [1.29, 1.82) is 0 Å². The molecule has 1 atom stereocenters. The van der Waals surface area contributed by atoms with E-state index in [1.165, 1.54) is 0 Å². The first-order valence-corrected chi connectivity index (χ1v) is 8.59. The Hall–Kier alpha value is -2.47. The Balaban J connectivity index is 1.86. The highest BCUT2D eigenvalue weighted by Gasteiger charge is 2.25. The molecule has 2 aromatic rings. The van der Waals surface area contributed by atoms with Crippen molar-refractivity contribution in [2.45, 2.75) is 25.4 Å².